The van der Waals surface area contributed by atoms with Crippen molar-refractivity contribution in [1.29, 1.82) is 0 Å². The lowest BCUT2D eigenvalue weighted by Crippen LogP contribution is -2.20. The van der Waals surface area contributed by atoms with Crippen LogP contribution in [-0.4, -0.2) is 6.03 Å². The third-order valence-corrected chi connectivity index (χ3v) is 3.21. The number of para-hydroxylation sites is 1. The molecule has 4 nitrogen and oxygen atoms in total. The van der Waals surface area contributed by atoms with Gasteiger partial charge in [0.1, 0.15) is 0 Å². The average molecular weight is 341 g/mol. The molecular weight excluding hydrogens is 330 g/mol. The predicted molar refractivity (Wildman–Crippen MR) is 82.6 cm³/mol. The number of urea groups is 1. The first-order valence-electron chi connectivity index (χ1n) is 5.44. The fourth-order valence-corrected chi connectivity index (χ4v) is 2.05. The van der Waals surface area contributed by atoms with Crippen LogP contribution in [0.3, 0.4) is 0 Å². The van der Waals surface area contributed by atoms with Crippen molar-refractivity contribution in [2.24, 2.45) is 0 Å². The molecule has 0 radical (unpaired) electrons. The van der Waals surface area contributed by atoms with Crippen LogP contribution >= 0.6 is 27.5 Å². The number of nitrogens with one attached hydrogen (secondary N) is 2. The first-order chi connectivity index (χ1) is 9.06. The molecule has 0 aliphatic rings. The second-order valence-electron chi connectivity index (χ2n) is 3.79. The van der Waals surface area contributed by atoms with Crippen molar-refractivity contribution in [2.75, 3.05) is 16.4 Å². The minimum atomic E-state index is -0.401. The van der Waals surface area contributed by atoms with Gasteiger partial charge in [-0.15, -0.1) is 0 Å². The van der Waals surface area contributed by atoms with Gasteiger partial charge < -0.3 is 16.4 Å². The summed E-state index contributed by atoms with van der Waals surface area (Å²) in [6.07, 6.45) is 0. The van der Waals surface area contributed by atoms with Gasteiger partial charge in [0.05, 0.1) is 22.1 Å². The molecule has 0 unspecified atom stereocenters. The Hall–Kier alpha value is -1.72. The summed E-state index contributed by atoms with van der Waals surface area (Å²) in [7, 11) is 0. The van der Waals surface area contributed by atoms with Crippen LogP contribution in [0.15, 0.2) is 46.9 Å². The summed E-state index contributed by atoms with van der Waals surface area (Å²) < 4.78 is 0.849. The Morgan fingerprint density at radius 1 is 1.11 bits per heavy atom. The number of halogens is 2. The number of rotatable bonds is 2. The fourth-order valence-electron chi connectivity index (χ4n) is 1.49. The van der Waals surface area contributed by atoms with E-state index in [1.54, 1.807) is 42.5 Å². The lowest BCUT2D eigenvalue weighted by Gasteiger charge is -2.10. The van der Waals surface area contributed by atoms with Gasteiger partial charge in [-0.25, -0.2) is 4.79 Å². The molecule has 0 fully saturated rings. The van der Waals surface area contributed by atoms with E-state index in [9.17, 15) is 4.79 Å². The van der Waals surface area contributed by atoms with Crippen LogP contribution in [0.4, 0.5) is 21.9 Å². The lowest BCUT2D eigenvalue weighted by atomic mass is 10.3. The summed E-state index contributed by atoms with van der Waals surface area (Å²) >= 11 is 9.25. The van der Waals surface area contributed by atoms with Crippen molar-refractivity contribution in [3.63, 3.8) is 0 Å². The number of benzene rings is 2. The molecule has 0 atom stereocenters. The predicted octanol–water partition coefficient (Wildman–Crippen LogP) is 4.33. The average Bonchev–Trinajstić information content (AvgIpc) is 2.36. The number of hydrogen-bond acceptors (Lipinski definition) is 2. The summed E-state index contributed by atoms with van der Waals surface area (Å²) in [6, 6.07) is 11.8. The normalized spacial score (nSPS) is 10.0. The highest BCUT2D eigenvalue weighted by Gasteiger charge is 2.07. The second kappa shape index (κ2) is 5.95. The zero-order valence-corrected chi connectivity index (χ0v) is 12.1. The number of anilines is 3. The Bertz CT molecular complexity index is 619. The first-order valence-corrected chi connectivity index (χ1v) is 6.61. The highest BCUT2D eigenvalue weighted by atomic mass is 79.9. The standard InChI is InChI=1S/C13H11BrClN3O/c14-8-5-6-12(10(16)7-8)18-13(19)17-11-4-2-1-3-9(11)15/h1-7H,16H2,(H2,17,18,19). The van der Waals surface area contributed by atoms with Crippen LogP contribution in [0.1, 0.15) is 0 Å². The van der Waals surface area contributed by atoms with Crippen LogP contribution < -0.4 is 16.4 Å². The smallest absolute Gasteiger partial charge is 0.323 e. The van der Waals surface area contributed by atoms with E-state index in [1.165, 1.54) is 0 Å². The molecule has 6 heteroatoms. The van der Waals surface area contributed by atoms with Gasteiger partial charge in [0, 0.05) is 4.47 Å². The molecule has 2 rings (SSSR count). The number of hydrogen-bond donors (Lipinski definition) is 3. The molecule has 2 aromatic rings. The summed E-state index contributed by atoms with van der Waals surface area (Å²) in [5.74, 6) is 0. The molecule has 2 amide bonds. The van der Waals surface area contributed by atoms with Gasteiger partial charge in [0.25, 0.3) is 0 Å². The molecule has 0 spiro atoms. The third kappa shape index (κ3) is 3.62. The quantitative estimate of drug-likeness (QED) is 0.712. The number of nitrogens with two attached hydrogens (primary N) is 1. The Morgan fingerprint density at radius 2 is 1.79 bits per heavy atom. The van der Waals surface area contributed by atoms with E-state index >= 15 is 0 Å². The Morgan fingerprint density at radius 3 is 2.47 bits per heavy atom. The van der Waals surface area contributed by atoms with Gasteiger partial charge in [-0.1, -0.05) is 39.7 Å². The Labute approximate surface area is 124 Å². The maximum Gasteiger partial charge on any atom is 0.323 e. The zero-order valence-electron chi connectivity index (χ0n) is 9.78. The Balaban J connectivity index is 2.08. The minimum Gasteiger partial charge on any atom is -0.397 e. The minimum absolute atomic E-state index is 0.401. The first kappa shape index (κ1) is 13.7. The van der Waals surface area contributed by atoms with Crippen LogP contribution in [0, 0.1) is 0 Å². The molecule has 2 aromatic carbocycles. The molecule has 4 N–H and O–H groups in total. The van der Waals surface area contributed by atoms with Crippen molar-refractivity contribution >= 4 is 50.6 Å². The molecule has 0 aromatic heterocycles. The summed E-state index contributed by atoms with van der Waals surface area (Å²) in [5, 5.41) is 5.78. The fraction of sp³-hybridized carbons (Fsp3) is 0. The van der Waals surface area contributed by atoms with E-state index in [-0.39, 0.29) is 0 Å². The second-order valence-corrected chi connectivity index (χ2v) is 5.11. The van der Waals surface area contributed by atoms with Gasteiger partial charge >= 0.3 is 6.03 Å². The molecule has 0 aliphatic carbocycles. The monoisotopic (exact) mass is 339 g/mol. The third-order valence-electron chi connectivity index (χ3n) is 2.38. The molecule has 0 aliphatic heterocycles. The van der Waals surface area contributed by atoms with Crippen LogP contribution in [0.25, 0.3) is 0 Å². The van der Waals surface area contributed by atoms with Gasteiger partial charge in [-0.3, -0.25) is 0 Å². The molecule has 0 saturated carbocycles. The van der Waals surface area contributed by atoms with Crippen molar-refractivity contribution < 1.29 is 4.79 Å². The van der Waals surface area contributed by atoms with Crippen molar-refractivity contribution in [3.8, 4) is 0 Å². The number of nitrogen functional groups attached to an aromatic ring is 1. The number of carbonyl (C=O) groups is 1. The SMILES string of the molecule is Nc1cc(Br)ccc1NC(=O)Nc1ccccc1Cl. The van der Waals surface area contributed by atoms with Gasteiger partial charge in [0.2, 0.25) is 0 Å². The summed E-state index contributed by atoms with van der Waals surface area (Å²) in [6.45, 7) is 0. The van der Waals surface area contributed by atoms with Gasteiger partial charge in [-0.05, 0) is 30.3 Å². The topological polar surface area (TPSA) is 67.1 Å². The molecule has 0 saturated heterocycles. The van der Waals surface area contributed by atoms with Gasteiger partial charge in [0.15, 0.2) is 0 Å². The summed E-state index contributed by atoms with van der Waals surface area (Å²) in [5.41, 5.74) is 7.34. The van der Waals surface area contributed by atoms with E-state index in [0.717, 1.165) is 4.47 Å². The van der Waals surface area contributed by atoms with Gasteiger partial charge in [-0.2, -0.15) is 0 Å². The van der Waals surface area contributed by atoms with Crippen molar-refractivity contribution in [1.82, 2.24) is 0 Å². The van der Waals surface area contributed by atoms with Crippen LogP contribution in [0.5, 0.6) is 0 Å². The molecule has 19 heavy (non-hydrogen) atoms. The van der Waals surface area contributed by atoms with Crippen LogP contribution in [-0.2, 0) is 0 Å². The zero-order chi connectivity index (χ0) is 13.8. The highest BCUT2D eigenvalue weighted by Crippen LogP contribution is 2.24. The number of amides is 2. The largest absolute Gasteiger partial charge is 0.397 e. The van der Waals surface area contributed by atoms with E-state index in [1.807, 2.05) is 0 Å². The van der Waals surface area contributed by atoms with E-state index in [2.05, 4.69) is 26.6 Å². The highest BCUT2D eigenvalue weighted by molar-refractivity contribution is 9.10. The molecule has 0 heterocycles. The van der Waals surface area contributed by atoms with E-state index in [0.29, 0.717) is 22.1 Å². The van der Waals surface area contributed by atoms with Crippen LogP contribution in [0.2, 0.25) is 5.02 Å². The van der Waals surface area contributed by atoms with Crippen molar-refractivity contribution in [2.45, 2.75) is 0 Å². The number of carbonyl (C=O) groups excluding carboxylic acids is 1. The maximum atomic E-state index is 11.8. The summed E-state index contributed by atoms with van der Waals surface area (Å²) in [4.78, 5) is 11.8. The maximum absolute atomic E-state index is 11.8. The molecular formula is C13H11BrClN3O. The molecule has 0 bridgehead atoms. The Kier molecular flexibility index (Phi) is 4.29. The lowest BCUT2D eigenvalue weighted by molar-refractivity contribution is 0.262. The van der Waals surface area contributed by atoms with Crippen molar-refractivity contribution in [3.05, 3.63) is 52.0 Å². The molecule has 98 valence electrons. The van der Waals surface area contributed by atoms with E-state index in [4.69, 9.17) is 17.3 Å². The van der Waals surface area contributed by atoms with E-state index < -0.39 is 6.03 Å².